The lowest BCUT2D eigenvalue weighted by atomic mass is 9.93. The molecule has 2 heterocycles. The number of hydrogen-bond acceptors (Lipinski definition) is 6. The second-order valence-electron chi connectivity index (χ2n) is 10.3. The van der Waals surface area contributed by atoms with Crippen molar-refractivity contribution in [3.05, 3.63) is 62.5 Å². The van der Waals surface area contributed by atoms with Gasteiger partial charge in [0.2, 0.25) is 0 Å². The zero-order valence-electron chi connectivity index (χ0n) is 22.0. The third kappa shape index (κ3) is 5.10. The minimum Gasteiger partial charge on any atom is -0.487 e. The van der Waals surface area contributed by atoms with Crippen molar-refractivity contribution < 1.29 is 23.7 Å². The lowest BCUT2D eigenvalue weighted by molar-refractivity contribution is -0.173. The molecule has 1 saturated carbocycles. The predicted molar refractivity (Wildman–Crippen MR) is 145 cm³/mol. The highest BCUT2D eigenvalue weighted by Crippen LogP contribution is 2.50. The lowest BCUT2D eigenvalue weighted by Crippen LogP contribution is -2.46. The van der Waals surface area contributed by atoms with Gasteiger partial charge < -0.3 is 28.3 Å². The van der Waals surface area contributed by atoms with Crippen LogP contribution in [0.25, 0.3) is 0 Å². The van der Waals surface area contributed by atoms with Gasteiger partial charge in [-0.15, -0.1) is 0 Å². The van der Waals surface area contributed by atoms with Crippen LogP contribution in [-0.2, 0) is 27.6 Å². The van der Waals surface area contributed by atoms with E-state index in [2.05, 4.69) is 36.7 Å². The number of aliphatic hydroxyl groups excluding tert-OH is 1. The Morgan fingerprint density at radius 1 is 1.08 bits per heavy atom. The normalized spacial score (nSPS) is 27.3. The summed E-state index contributed by atoms with van der Waals surface area (Å²) in [6, 6.07) is 12.7. The van der Waals surface area contributed by atoms with Crippen molar-refractivity contribution in [3.63, 3.8) is 0 Å². The summed E-state index contributed by atoms with van der Waals surface area (Å²) in [6.45, 7) is 10.6. The summed E-state index contributed by atoms with van der Waals surface area (Å²) in [7, 11) is -0.384. The Morgan fingerprint density at radius 3 is 2.31 bits per heavy atom. The molecular weight excluding hydrogens is 542 g/mol. The second kappa shape index (κ2) is 10.7. The molecule has 2 aliphatic rings. The third-order valence-corrected chi connectivity index (χ3v) is 13.1. The number of rotatable bonds is 9. The Hall–Kier alpha value is -1.49. The number of halogens is 1. The highest BCUT2D eigenvalue weighted by atomic mass is 79.9. The molecule has 0 radical (unpaired) electrons. The molecule has 0 amide bonds. The molecule has 0 bridgehead atoms. The lowest BCUT2D eigenvalue weighted by Gasteiger charge is -2.37. The van der Waals surface area contributed by atoms with Gasteiger partial charge in [0.1, 0.15) is 29.0 Å². The van der Waals surface area contributed by atoms with Crippen LogP contribution in [0.4, 0.5) is 0 Å². The van der Waals surface area contributed by atoms with Crippen LogP contribution in [0.5, 0.6) is 5.75 Å². The van der Waals surface area contributed by atoms with Crippen molar-refractivity contribution in [3.8, 4) is 5.75 Å². The third-order valence-electron chi connectivity index (χ3n) is 7.75. The van der Waals surface area contributed by atoms with Gasteiger partial charge in [0.05, 0.1) is 12.2 Å². The zero-order valence-corrected chi connectivity index (χ0v) is 24.6. The monoisotopic (exact) mass is 579 g/mol. The van der Waals surface area contributed by atoms with E-state index in [1.165, 1.54) is 4.57 Å². The maximum Gasteiger partial charge on any atom is 0.268 e. The molecule has 1 aliphatic carbocycles. The minimum atomic E-state index is -2.09. The van der Waals surface area contributed by atoms with Crippen LogP contribution in [0.1, 0.15) is 51.7 Å². The molecule has 198 valence electrons. The number of hydrogen-bond donors (Lipinski definition) is 1. The first-order valence-corrected chi connectivity index (χ1v) is 16.2. The number of pyridine rings is 1. The number of aromatic nitrogens is 1. The summed E-state index contributed by atoms with van der Waals surface area (Å²) in [5, 5.41) is 11.7. The van der Waals surface area contributed by atoms with Gasteiger partial charge in [-0.3, -0.25) is 4.79 Å². The van der Waals surface area contributed by atoms with Crippen molar-refractivity contribution in [1.29, 1.82) is 0 Å². The molecule has 5 atom stereocenters. The minimum absolute atomic E-state index is 0.208. The highest BCUT2D eigenvalue weighted by Gasteiger charge is 2.61. The van der Waals surface area contributed by atoms with Crippen LogP contribution in [0.3, 0.4) is 0 Å². The van der Waals surface area contributed by atoms with E-state index in [1.54, 1.807) is 13.2 Å². The van der Waals surface area contributed by atoms with E-state index in [4.69, 9.17) is 18.6 Å². The average molecular weight is 581 g/mol. The van der Waals surface area contributed by atoms with Gasteiger partial charge in [-0.1, -0.05) is 51.1 Å². The largest absolute Gasteiger partial charge is 0.487 e. The van der Waals surface area contributed by atoms with E-state index in [0.29, 0.717) is 22.4 Å². The van der Waals surface area contributed by atoms with Crippen LogP contribution in [0, 0.1) is 0 Å². The number of nitrogens with zero attached hydrogens (tertiary/aromatic N) is 1. The molecule has 36 heavy (non-hydrogen) atoms. The molecule has 0 unspecified atom stereocenters. The van der Waals surface area contributed by atoms with Gasteiger partial charge >= 0.3 is 0 Å². The zero-order chi connectivity index (χ0) is 26.3. The molecule has 0 spiro atoms. The van der Waals surface area contributed by atoms with Gasteiger partial charge in [0, 0.05) is 24.7 Å². The van der Waals surface area contributed by atoms with Gasteiger partial charge in [-0.05, 0) is 53.5 Å². The summed E-state index contributed by atoms with van der Waals surface area (Å²) >= 11 is 3.49. The molecular formula is C27H38BrNO6Si. The van der Waals surface area contributed by atoms with Crippen molar-refractivity contribution in [2.75, 3.05) is 0 Å². The second-order valence-corrected chi connectivity index (χ2v) is 15.8. The molecule has 7 nitrogen and oxygen atoms in total. The number of aliphatic hydroxyl groups is 1. The van der Waals surface area contributed by atoms with Gasteiger partial charge in [0.25, 0.3) is 5.56 Å². The fourth-order valence-corrected chi connectivity index (χ4v) is 9.03. The van der Waals surface area contributed by atoms with E-state index in [-0.39, 0.29) is 5.56 Å². The number of ether oxygens (including phenoxy) is 3. The van der Waals surface area contributed by atoms with Gasteiger partial charge in [0.15, 0.2) is 14.1 Å². The quantitative estimate of drug-likeness (QED) is 0.416. The van der Waals surface area contributed by atoms with Crippen LogP contribution in [0.2, 0.25) is 18.1 Å². The standard InChI is InChI=1S/C27H38BrNO6Si/c1-7-36(8-2,9-3)35-23-19(21(30)24-25(23)34-27(4,5)33-24)18-15-29(6)26(31)20(28)22(18)32-16-17-13-11-10-12-14-17/h10-15,19,21,23-25,30H,7-9,16H2,1-6H3/t19-,21-,23-,24+,25-/m0/s1. The molecule has 1 aromatic heterocycles. The van der Waals surface area contributed by atoms with Crippen molar-refractivity contribution in [1.82, 2.24) is 4.57 Å². The summed E-state index contributed by atoms with van der Waals surface area (Å²) < 4.78 is 27.7. The van der Waals surface area contributed by atoms with Gasteiger partial charge in [-0.2, -0.15) is 0 Å². The number of benzene rings is 1. The summed E-state index contributed by atoms with van der Waals surface area (Å²) in [6.07, 6.45) is -0.513. The van der Waals surface area contributed by atoms with Crippen LogP contribution in [0.15, 0.2) is 45.8 Å². The van der Waals surface area contributed by atoms with E-state index < -0.39 is 44.4 Å². The van der Waals surface area contributed by atoms with E-state index in [1.807, 2.05) is 44.2 Å². The SMILES string of the molecule is CC[Si](CC)(CC)O[C@@H]1[C@@H]2OC(C)(C)O[C@@H]2[C@@H](O)[C@@H]1c1cn(C)c(=O)c(Br)c1OCc1ccccc1. The molecule has 1 N–H and O–H groups in total. The maximum atomic E-state index is 12.9. The summed E-state index contributed by atoms with van der Waals surface area (Å²) in [5.74, 6) is -0.869. The number of fused-ring (bicyclic) bond motifs is 1. The van der Waals surface area contributed by atoms with Crippen LogP contribution >= 0.6 is 15.9 Å². The van der Waals surface area contributed by atoms with E-state index in [9.17, 15) is 9.90 Å². The first-order valence-electron chi connectivity index (χ1n) is 12.8. The molecule has 1 saturated heterocycles. The Labute approximate surface area is 223 Å². The topological polar surface area (TPSA) is 79.2 Å². The Balaban J connectivity index is 1.80. The van der Waals surface area contributed by atoms with Crippen molar-refractivity contribution in [2.45, 2.75) is 95.5 Å². The van der Waals surface area contributed by atoms with E-state index >= 15 is 0 Å². The van der Waals surface area contributed by atoms with Crippen molar-refractivity contribution >= 4 is 24.2 Å². The Morgan fingerprint density at radius 2 is 1.69 bits per heavy atom. The highest BCUT2D eigenvalue weighted by molar-refractivity contribution is 9.10. The molecule has 1 aliphatic heterocycles. The number of aryl methyl sites for hydroxylation is 1. The molecule has 2 fully saturated rings. The fraction of sp³-hybridized carbons (Fsp3) is 0.593. The smallest absolute Gasteiger partial charge is 0.268 e. The van der Waals surface area contributed by atoms with Crippen LogP contribution in [-0.4, -0.2) is 48.2 Å². The van der Waals surface area contributed by atoms with Gasteiger partial charge in [-0.25, -0.2) is 0 Å². The molecule has 4 rings (SSSR count). The predicted octanol–water partition coefficient (Wildman–Crippen LogP) is 5.10. The van der Waals surface area contributed by atoms with Crippen LogP contribution < -0.4 is 10.3 Å². The average Bonchev–Trinajstić information content (AvgIpc) is 3.31. The summed E-state index contributed by atoms with van der Waals surface area (Å²) in [4.78, 5) is 12.9. The van der Waals surface area contributed by atoms with Crippen molar-refractivity contribution in [2.24, 2.45) is 7.05 Å². The fourth-order valence-electron chi connectivity index (χ4n) is 5.55. The maximum absolute atomic E-state index is 12.9. The first kappa shape index (κ1) is 27.5. The first-order chi connectivity index (χ1) is 17.1. The Kier molecular flexibility index (Phi) is 8.19. The molecule has 9 heteroatoms. The molecule has 1 aromatic carbocycles. The summed E-state index contributed by atoms with van der Waals surface area (Å²) in [5.41, 5.74) is 1.48. The molecule has 2 aromatic rings. The van der Waals surface area contributed by atoms with E-state index in [0.717, 1.165) is 23.7 Å². The Bertz CT molecular complexity index is 1110.